The van der Waals surface area contributed by atoms with Crippen molar-refractivity contribution in [2.75, 3.05) is 0 Å². The zero-order chi connectivity index (χ0) is 12.6. The predicted octanol–water partition coefficient (Wildman–Crippen LogP) is 3.08. The number of fused-ring (bicyclic) bond motifs is 1. The Kier molecular flexibility index (Phi) is 2.42. The van der Waals surface area contributed by atoms with E-state index in [4.69, 9.17) is 4.42 Å². The fourth-order valence-electron chi connectivity index (χ4n) is 2.24. The second kappa shape index (κ2) is 3.96. The first-order valence-corrected chi connectivity index (χ1v) is 5.78. The molecule has 2 heterocycles. The Morgan fingerprint density at radius 1 is 1.22 bits per heavy atom. The van der Waals surface area contributed by atoms with Gasteiger partial charge in [0.05, 0.1) is 12.5 Å². The van der Waals surface area contributed by atoms with Gasteiger partial charge in [-0.3, -0.25) is 4.98 Å². The molecule has 0 amide bonds. The highest BCUT2D eigenvalue weighted by Gasteiger charge is 2.28. The molecule has 3 aromatic rings. The summed E-state index contributed by atoms with van der Waals surface area (Å²) in [4.78, 5) is 4.10. The summed E-state index contributed by atoms with van der Waals surface area (Å²) >= 11 is 0. The normalized spacial score (nSPS) is 14.6. The second-order valence-corrected chi connectivity index (χ2v) is 4.49. The molecule has 1 unspecified atom stereocenters. The molecule has 0 saturated heterocycles. The molecule has 3 nitrogen and oxygen atoms in total. The summed E-state index contributed by atoms with van der Waals surface area (Å²) in [5, 5.41) is 12.8. The highest BCUT2D eigenvalue weighted by molar-refractivity contribution is 5.86. The Morgan fingerprint density at radius 3 is 2.89 bits per heavy atom. The van der Waals surface area contributed by atoms with Gasteiger partial charge in [-0.2, -0.15) is 0 Å². The third kappa shape index (κ3) is 1.60. The number of furan rings is 1. The van der Waals surface area contributed by atoms with Gasteiger partial charge in [-0.1, -0.05) is 18.2 Å². The van der Waals surface area contributed by atoms with Crippen LogP contribution in [0.15, 0.2) is 59.7 Å². The molecule has 3 rings (SSSR count). The van der Waals surface area contributed by atoms with Gasteiger partial charge in [0, 0.05) is 23.3 Å². The van der Waals surface area contributed by atoms with Crippen LogP contribution in [0.25, 0.3) is 10.8 Å². The Morgan fingerprint density at radius 2 is 2.11 bits per heavy atom. The average molecular weight is 239 g/mol. The lowest BCUT2D eigenvalue weighted by molar-refractivity contribution is 0.103. The minimum atomic E-state index is -1.08. The van der Waals surface area contributed by atoms with E-state index < -0.39 is 5.60 Å². The number of hydrogen-bond donors (Lipinski definition) is 1. The summed E-state index contributed by atoms with van der Waals surface area (Å²) in [5.41, 5.74) is 0.518. The van der Waals surface area contributed by atoms with Gasteiger partial charge in [0.2, 0.25) is 0 Å². The molecule has 0 saturated carbocycles. The van der Waals surface area contributed by atoms with Crippen LogP contribution < -0.4 is 0 Å². The molecular formula is C15H13NO2. The standard InChI is InChI=1S/C15H13NO2/c1-15(17,12-6-8-18-10-12)14-4-2-3-11-9-16-7-5-13(11)14/h2-10,17H,1H3. The lowest BCUT2D eigenvalue weighted by atomic mass is 9.87. The first-order chi connectivity index (χ1) is 8.69. The van der Waals surface area contributed by atoms with Crippen molar-refractivity contribution in [1.29, 1.82) is 0 Å². The van der Waals surface area contributed by atoms with Crippen LogP contribution in [0.3, 0.4) is 0 Å². The number of rotatable bonds is 2. The summed E-state index contributed by atoms with van der Waals surface area (Å²) in [6.07, 6.45) is 6.66. The van der Waals surface area contributed by atoms with Crippen LogP contribution in [-0.4, -0.2) is 10.1 Å². The van der Waals surface area contributed by atoms with Gasteiger partial charge in [-0.25, -0.2) is 0 Å². The van der Waals surface area contributed by atoms with Crippen molar-refractivity contribution in [1.82, 2.24) is 4.98 Å². The van der Waals surface area contributed by atoms with Crippen molar-refractivity contribution in [2.24, 2.45) is 0 Å². The fraction of sp³-hybridized carbons (Fsp3) is 0.133. The maximum atomic E-state index is 10.8. The Balaban J connectivity index is 2.26. The molecule has 0 radical (unpaired) electrons. The second-order valence-electron chi connectivity index (χ2n) is 4.49. The molecule has 1 N–H and O–H groups in total. The van der Waals surface area contributed by atoms with Crippen molar-refractivity contribution in [2.45, 2.75) is 12.5 Å². The maximum absolute atomic E-state index is 10.8. The fourth-order valence-corrected chi connectivity index (χ4v) is 2.24. The molecule has 0 spiro atoms. The Bertz CT molecular complexity index is 667. The van der Waals surface area contributed by atoms with Gasteiger partial charge in [0.25, 0.3) is 0 Å². The largest absolute Gasteiger partial charge is 0.472 e. The number of nitrogens with zero attached hydrogens (tertiary/aromatic N) is 1. The smallest absolute Gasteiger partial charge is 0.115 e. The summed E-state index contributed by atoms with van der Waals surface area (Å²) in [5.74, 6) is 0. The van der Waals surface area contributed by atoms with Crippen LogP contribution >= 0.6 is 0 Å². The van der Waals surface area contributed by atoms with E-state index in [1.54, 1.807) is 37.9 Å². The van der Waals surface area contributed by atoms with Crippen LogP contribution in [0.1, 0.15) is 18.1 Å². The van der Waals surface area contributed by atoms with E-state index in [-0.39, 0.29) is 0 Å². The van der Waals surface area contributed by atoms with Gasteiger partial charge < -0.3 is 9.52 Å². The van der Waals surface area contributed by atoms with Gasteiger partial charge in [0.1, 0.15) is 5.60 Å². The SMILES string of the molecule is CC(O)(c1ccoc1)c1cccc2cnccc12. The monoisotopic (exact) mass is 239 g/mol. The average Bonchev–Trinajstić information content (AvgIpc) is 2.92. The molecule has 2 aromatic heterocycles. The zero-order valence-corrected chi connectivity index (χ0v) is 10.00. The molecule has 1 atom stereocenters. The molecule has 0 aliphatic rings. The van der Waals surface area contributed by atoms with Gasteiger partial charge >= 0.3 is 0 Å². The minimum Gasteiger partial charge on any atom is -0.472 e. The number of hydrogen-bond acceptors (Lipinski definition) is 3. The van der Waals surface area contributed by atoms with Crippen LogP contribution in [0.5, 0.6) is 0 Å². The van der Waals surface area contributed by atoms with Crippen molar-refractivity contribution in [3.8, 4) is 0 Å². The van der Waals surface area contributed by atoms with Crippen molar-refractivity contribution >= 4 is 10.8 Å². The highest BCUT2D eigenvalue weighted by Crippen LogP contribution is 2.33. The lowest BCUT2D eigenvalue weighted by Crippen LogP contribution is -2.22. The van der Waals surface area contributed by atoms with Crippen LogP contribution in [0.4, 0.5) is 0 Å². The summed E-state index contributed by atoms with van der Waals surface area (Å²) in [6, 6.07) is 9.53. The van der Waals surface area contributed by atoms with Gasteiger partial charge in [-0.15, -0.1) is 0 Å². The lowest BCUT2D eigenvalue weighted by Gasteiger charge is -2.24. The van der Waals surface area contributed by atoms with Crippen LogP contribution in [0.2, 0.25) is 0 Å². The Labute approximate surface area is 105 Å². The maximum Gasteiger partial charge on any atom is 0.115 e. The van der Waals surface area contributed by atoms with Crippen LogP contribution in [-0.2, 0) is 5.60 Å². The minimum absolute atomic E-state index is 0.742. The summed E-state index contributed by atoms with van der Waals surface area (Å²) in [6.45, 7) is 1.77. The van der Waals surface area contributed by atoms with E-state index in [2.05, 4.69) is 4.98 Å². The molecule has 90 valence electrons. The van der Waals surface area contributed by atoms with E-state index in [9.17, 15) is 5.11 Å². The van der Waals surface area contributed by atoms with E-state index in [0.29, 0.717) is 0 Å². The number of pyridine rings is 1. The predicted molar refractivity (Wildman–Crippen MR) is 69.1 cm³/mol. The first kappa shape index (κ1) is 11.0. The third-order valence-electron chi connectivity index (χ3n) is 3.29. The zero-order valence-electron chi connectivity index (χ0n) is 10.00. The molecule has 0 aliphatic heterocycles. The summed E-state index contributed by atoms with van der Waals surface area (Å²) in [7, 11) is 0. The first-order valence-electron chi connectivity index (χ1n) is 5.78. The molecule has 0 fully saturated rings. The number of benzene rings is 1. The highest BCUT2D eigenvalue weighted by atomic mass is 16.3. The molecule has 3 heteroatoms. The van der Waals surface area contributed by atoms with Gasteiger partial charge in [0.15, 0.2) is 0 Å². The van der Waals surface area contributed by atoms with Crippen molar-refractivity contribution in [3.05, 3.63) is 66.4 Å². The number of aliphatic hydroxyl groups is 1. The van der Waals surface area contributed by atoms with E-state index in [0.717, 1.165) is 21.9 Å². The Hall–Kier alpha value is -2.13. The van der Waals surface area contributed by atoms with Crippen molar-refractivity contribution < 1.29 is 9.52 Å². The molecule has 1 aromatic carbocycles. The molecule has 18 heavy (non-hydrogen) atoms. The van der Waals surface area contributed by atoms with E-state index >= 15 is 0 Å². The quantitative estimate of drug-likeness (QED) is 0.747. The molecule has 0 bridgehead atoms. The summed E-state index contributed by atoms with van der Waals surface area (Å²) < 4.78 is 5.06. The third-order valence-corrected chi connectivity index (χ3v) is 3.29. The van der Waals surface area contributed by atoms with Gasteiger partial charge in [-0.05, 0) is 30.0 Å². The molecular weight excluding hydrogens is 226 g/mol. The molecule has 0 aliphatic carbocycles. The van der Waals surface area contributed by atoms with E-state index in [1.807, 2.05) is 24.3 Å². The van der Waals surface area contributed by atoms with E-state index in [1.165, 1.54) is 0 Å². The van der Waals surface area contributed by atoms with Crippen molar-refractivity contribution in [3.63, 3.8) is 0 Å². The number of aromatic nitrogens is 1. The van der Waals surface area contributed by atoms with Crippen LogP contribution in [0, 0.1) is 0 Å². The topological polar surface area (TPSA) is 46.3 Å².